The van der Waals surface area contributed by atoms with Crippen molar-refractivity contribution in [2.45, 2.75) is 46.0 Å². The lowest BCUT2D eigenvalue weighted by molar-refractivity contribution is 0.0689. The number of hydrogen-bond acceptors (Lipinski definition) is 5. The summed E-state index contributed by atoms with van der Waals surface area (Å²) in [6, 6.07) is 20.0. The molecule has 0 saturated heterocycles. The van der Waals surface area contributed by atoms with Crippen molar-refractivity contribution in [2.75, 3.05) is 13.7 Å². The molecule has 0 aliphatic heterocycles. The molecule has 0 aliphatic carbocycles. The van der Waals surface area contributed by atoms with E-state index < -0.39 is 5.97 Å². The normalized spacial score (nSPS) is 11.3. The number of ether oxygens (including phenoxy) is 2. The number of hydrogen-bond donors (Lipinski definition) is 1. The summed E-state index contributed by atoms with van der Waals surface area (Å²) in [6.45, 7) is 4.80. The lowest BCUT2D eigenvalue weighted by Crippen LogP contribution is -2.22. The summed E-state index contributed by atoms with van der Waals surface area (Å²) in [5, 5.41) is 13.6. The van der Waals surface area contributed by atoms with Crippen LogP contribution in [0.1, 0.15) is 59.8 Å². The third-order valence-corrected chi connectivity index (χ3v) is 8.24. The van der Waals surface area contributed by atoms with Crippen molar-refractivity contribution >= 4 is 32.9 Å². The van der Waals surface area contributed by atoms with Gasteiger partial charge in [-0.05, 0) is 52.9 Å². The van der Waals surface area contributed by atoms with Crippen molar-refractivity contribution in [3.63, 3.8) is 0 Å². The van der Waals surface area contributed by atoms with Crippen LogP contribution in [0, 0.1) is 6.92 Å². The van der Waals surface area contributed by atoms with Crippen LogP contribution in [0.5, 0.6) is 11.5 Å². The third kappa shape index (κ3) is 5.21. The zero-order valence-corrected chi connectivity index (χ0v) is 23.8. The second-order valence-electron chi connectivity index (χ2n) is 9.96. The molecule has 6 nitrogen and oxygen atoms in total. The summed E-state index contributed by atoms with van der Waals surface area (Å²) in [5.41, 5.74) is 3.38. The van der Waals surface area contributed by atoms with E-state index in [1.807, 2.05) is 43.3 Å². The Morgan fingerprint density at radius 2 is 1.82 bits per heavy atom. The number of benzene rings is 3. The van der Waals surface area contributed by atoms with E-state index in [0.717, 1.165) is 46.1 Å². The van der Waals surface area contributed by atoms with Crippen LogP contribution in [0.4, 0.5) is 0 Å². The number of unbranched alkanes of at least 4 members (excludes halogenated alkanes) is 3. The van der Waals surface area contributed by atoms with Crippen LogP contribution in [-0.4, -0.2) is 29.2 Å². The molecule has 5 rings (SSSR count). The molecule has 0 saturated carbocycles. The van der Waals surface area contributed by atoms with Gasteiger partial charge in [-0.25, -0.2) is 4.79 Å². The number of carboxylic acids is 1. The standard InChI is InChI=1S/C33H33NO5S/c1-4-5-6-9-17-39-28-16-15-24(18-21(28)2)29-26(19-23-13-10-12-22-11-7-8-14-25(22)23)30(38-3)32-34(31(29)35)27(20-40-32)33(36)37/h7-8,10-16,18,20H,4-6,9,17,19H2,1-3H3,(H,36,37). The fourth-order valence-corrected chi connectivity index (χ4v) is 6.33. The first kappa shape index (κ1) is 27.5. The van der Waals surface area contributed by atoms with E-state index in [0.29, 0.717) is 34.7 Å². The Morgan fingerprint density at radius 1 is 1.02 bits per heavy atom. The van der Waals surface area contributed by atoms with Crippen LogP contribution in [0.3, 0.4) is 0 Å². The minimum Gasteiger partial charge on any atom is -0.493 e. The van der Waals surface area contributed by atoms with Crippen LogP contribution in [0.25, 0.3) is 26.7 Å². The highest BCUT2D eigenvalue weighted by atomic mass is 32.1. The molecule has 0 spiro atoms. The van der Waals surface area contributed by atoms with Crippen molar-refractivity contribution in [2.24, 2.45) is 0 Å². The number of aryl methyl sites for hydroxylation is 1. The Hall–Kier alpha value is -4.10. The summed E-state index contributed by atoms with van der Waals surface area (Å²) in [6.07, 6.45) is 4.94. The molecule has 0 amide bonds. The van der Waals surface area contributed by atoms with E-state index in [-0.39, 0.29) is 11.3 Å². The fourth-order valence-electron chi connectivity index (χ4n) is 5.30. The second kappa shape index (κ2) is 12.0. The smallest absolute Gasteiger partial charge is 0.353 e. The van der Waals surface area contributed by atoms with Crippen molar-refractivity contribution < 1.29 is 19.4 Å². The molecule has 5 aromatic rings. The van der Waals surface area contributed by atoms with Gasteiger partial charge in [0.2, 0.25) is 0 Å². The largest absolute Gasteiger partial charge is 0.493 e. The summed E-state index contributed by atoms with van der Waals surface area (Å²) in [4.78, 5) is 26.7. The first-order valence-corrected chi connectivity index (χ1v) is 14.5. The summed E-state index contributed by atoms with van der Waals surface area (Å²) >= 11 is 1.20. The number of carbonyl (C=O) groups is 1. The average molecular weight is 556 g/mol. The number of carboxylic acid groups (broad SMARTS) is 1. The zero-order valence-electron chi connectivity index (χ0n) is 23.0. The summed E-state index contributed by atoms with van der Waals surface area (Å²) in [7, 11) is 1.57. The maximum absolute atomic E-state index is 14.1. The van der Waals surface area contributed by atoms with Gasteiger partial charge < -0.3 is 14.6 Å². The predicted octanol–water partition coefficient (Wildman–Crippen LogP) is 7.75. The van der Waals surface area contributed by atoms with Gasteiger partial charge in [-0.15, -0.1) is 11.3 Å². The van der Waals surface area contributed by atoms with Gasteiger partial charge >= 0.3 is 5.97 Å². The number of rotatable bonds is 11. The molecule has 206 valence electrons. The molecule has 0 radical (unpaired) electrons. The quantitative estimate of drug-likeness (QED) is 0.169. The Labute approximate surface area is 237 Å². The van der Waals surface area contributed by atoms with Gasteiger partial charge in [-0.3, -0.25) is 9.20 Å². The monoisotopic (exact) mass is 555 g/mol. The highest BCUT2D eigenvalue weighted by molar-refractivity contribution is 7.16. The number of thiazole rings is 1. The number of aromatic nitrogens is 1. The molecule has 0 atom stereocenters. The molecule has 2 aromatic heterocycles. The van der Waals surface area contributed by atoms with Gasteiger partial charge in [0.15, 0.2) is 5.75 Å². The Balaban J connectivity index is 1.68. The average Bonchev–Trinajstić information content (AvgIpc) is 3.40. The van der Waals surface area contributed by atoms with E-state index >= 15 is 0 Å². The Bertz CT molecular complexity index is 1740. The van der Waals surface area contributed by atoms with Gasteiger partial charge in [0.05, 0.1) is 19.3 Å². The van der Waals surface area contributed by atoms with E-state index in [1.165, 1.54) is 34.0 Å². The topological polar surface area (TPSA) is 77.2 Å². The lowest BCUT2D eigenvalue weighted by atomic mass is 9.92. The van der Waals surface area contributed by atoms with Crippen LogP contribution >= 0.6 is 11.3 Å². The maximum Gasteiger partial charge on any atom is 0.353 e. The van der Waals surface area contributed by atoms with Gasteiger partial charge in [0, 0.05) is 17.4 Å². The third-order valence-electron chi connectivity index (χ3n) is 7.30. The van der Waals surface area contributed by atoms with Gasteiger partial charge in [0.25, 0.3) is 5.56 Å². The van der Waals surface area contributed by atoms with Crippen LogP contribution in [0.15, 0.2) is 70.8 Å². The molecular weight excluding hydrogens is 522 g/mol. The SMILES string of the molecule is CCCCCCOc1ccc(-c2c(Cc3cccc4ccccc34)c(OC)c3scc(C(=O)O)n3c2=O)cc1C. The van der Waals surface area contributed by atoms with Gasteiger partial charge in [-0.1, -0.05) is 74.7 Å². The van der Waals surface area contributed by atoms with E-state index in [4.69, 9.17) is 9.47 Å². The van der Waals surface area contributed by atoms with E-state index in [9.17, 15) is 14.7 Å². The fraction of sp³-hybridized carbons (Fsp3) is 0.273. The van der Waals surface area contributed by atoms with Gasteiger partial charge in [-0.2, -0.15) is 0 Å². The van der Waals surface area contributed by atoms with E-state index in [1.54, 1.807) is 7.11 Å². The Kier molecular flexibility index (Phi) is 8.21. The summed E-state index contributed by atoms with van der Waals surface area (Å²) in [5.74, 6) is 0.130. The highest BCUT2D eigenvalue weighted by Crippen LogP contribution is 2.38. The van der Waals surface area contributed by atoms with Crippen molar-refractivity contribution in [1.82, 2.24) is 4.40 Å². The molecule has 0 fully saturated rings. The molecule has 3 aromatic carbocycles. The molecule has 2 heterocycles. The lowest BCUT2D eigenvalue weighted by Gasteiger charge is -2.18. The minimum absolute atomic E-state index is 0.0787. The zero-order chi connectivity index (χ0) is 28.2. The predicted molar refractivity (Wildman–Crippen MR) is 162 cm³/mol. The molecule has 40 heavy (non-hydrogen) atoms. The van der Waals surface area contributed by atoms with Crippen molar-refractivity contribution in [3.8, 4) is 22.6 Å². The molecule has 0 aliphatic rings. The van der Waals surface area contributed by atoms with Crippen LogP contribution in [0.2, 0.25) is 0 Å². The number of nitrogens with zero attached hydrogens (tertiary/aromatic N) is 1. The van der Waals surface area contributed by atoms with Crippen LogP contribution in [-0.2, 0) is 6.42 Å². The molecular formula is C33H33NO5S. The first-order chi connectivity index (χ1) is 19.4. The maximum atomic E-state index is 14.1. The van der Waals surface area contributed by atoms with E-state index in [2.05, 4.69) is 31.2 Å². The summed E-state index contributed by atoms with van der Waals surface area (Å²) < 4.78 is 13.2. The molecule has 1 N–H and O–H groups in total. The number of aromatic carboxylic acids is 1. The van der Waals surface area contributed by atoms with Crippen LogP contribution < -0.4 is 15.0 Å². The molecule has 0 bridgehead atoms. The minimum atomic E-state index is -1.16. The van der Waals surface area contributed by atoms with Crippen molar-refractivity contribution in [3.05, 3.63) is 98.8 Å². The number of methoxy groups -OCH3 is 1. The number of pyridine rings is 1. The number of fused-ring (bicyclic) bond motifs is 2. The molecule has 7 heteroatoms. The Morgan fingerprint density at radius 3 is 2.58 bits per heavy atom. The van der Waals surface area contributed by atoms with Crippen molar-refractivity contribution in [1.29, 1.82) is 0 Å². The highest BCUT2D eigenvalue weighted by Gasteiger charge is 2.25. The molecule has 0 unspecified atom stereocenters. The van der Waals surface area contributed by atoms with Gasteiger partial charge in [0.1, 0.15) is 16.3 Å². The second-order valence-corrected chi connectivity index (χ2v) is 10.8. The first-order valence-electron chi connectivity index (χ1n) is 13.6.